The monoisotopic (exact) mass is 452 g/mol. The van der Waals surface area contributed by atoms with E-state index in [-0.39, 0.29) is 24.0 Å². The number of aliphatic imine (C=N–C) groups is 1. The van der Waals surface area contributed by atoms with Crippen molar-refractivity contribution in [2.45, 2.75) is 19.5 Å². The number of benzene rings is 1. The van der Waals surface area contributed by atoms with Gasteiger partial charge in [-0.15, -0.1) is 24.0 Å². The first-order chi connectivity index (χ1) is 11.9. The Morgan fingerprint density at radius 2 is 1.80 bits per heavy atom. The molecule has 0 aliphatic heterocycles. The van der Waals surface area contributed by atoms with Crippen LogP contribution in [0, 0.1) is 0 Å². The van der Waals surface area contributed by atoms with Crippen molar-refractivity contribution in [3.05, 3.63) is 55.1 Å². The molecule has 7 heteroatoms. The molecule has 0 aliphatic carbocycles. The van der Waals surface area contributed by atoms with Crippen LogP contribution in [0.5, 0.6) is 0 Å². The Kier molecular flexibility index (Phi) is 7.77. The molecule has 2 N–H and O–H groups in total. The fourth-order valence-electron chi connectivity index (χ4n) is 2.69. The molecule has 0 spiro atoms. The van der Waals surface area contributed by atoms with Crippen LogP contribution in [-0.2, 0) is 13.1 Å². The van der Waals surface area contributed by atoms with E-state index in [9.17, 15) is 0 Å². The summed E-state index contributed by atoms with van der Waals surface area (Å²) in [5, 5.41) is 6.69. The Morgan fingerprint density at radius 1 is 1.04 bits per heavy atom. The lowest BCUT2D eigenvalue weighted by molar-refractivity contribution is 0.627. The molecule has 0 saturated carbocycles. The van der Waals surface area contributed by atoms with Crippen LogP contribution >= 0.6 is 24.0 Å². The van der Waals surface area contributed by atoms with Gasteiger partial charge in [0.2, 0.25) is 0 Å². The third-order valence-corrected chi connectivity index (χ3v) is 3.95. The van der Waals surface area contributed by atoms with Gasteiger partial charge in [-0.3, -0.25) is 4.99 Å². The first kappa shape index (κ1) is 19.3. The van der Waals surface area contributed by atoms with Crippen molar-refractivity contribution in [3.8, 4) is 0 Å². The molecule has 134 valence electrons. The molecule has 0 atom stereocenters. The maximum atomic E-state index is 4.42. The highest BCUT2D eigenvalue weighted by atomic mass is 127. The predicted octanol–water partition coefficient (Wildman–Crippen LogP) is 2.71. The highest BCUT2D eigenvalue weighted by Gasteiger charge is 2.01. The molecule has 2 heterocycles. The fourth-order valence-corrected chi connectivity index (χ4v) is 2.69. The molecule has 0 bridgehead atoms. The SMILES string of the molecule is CN=C(NCCCn1cnc2ccccc21)NCCn1cccc1.I. The molecule has 0 fully saturated rings. The van der Waals surface area contributed by atoms with Crippen molar-refractivity contribution in [1.29, 1.82) is 0 Å². The smallest absolute Gasteiger partial charge is 0.191 e. The van der Waals surface area contributed by atoms with Gasteiger partial charge in [-0.05, 0) is 30.7 Å². The third kappa shape index (κ3) is 5.48. The zero-order chi connectivity index (χ0) is 16.6. The van der Waals surface area contributed by atoms with Crippen molar-refractivity contribution in [1.82, 2.24) is 24.8 Å². The molecule has 25 heavy (non-hydrogen) atoms. The molecular weight excluding hydrogens is 427 g/mol. The number of aryl methyl sites for hydroxylation is 1. The van der Waals surface area contributed by atoms with Gasteiger partial charge in [0.25, 0.3) is 0 Å². The van der Waals surface area contributed by atoms with E-state index in [4.69, 9.17) is 0 Å². The van der Waals surface area contributed by atoms with Crippen LogP contribution < -0.4 is 10.6 Å². The summed E-state index contributed by atoms with van der Waals surface area (Å²) in [7, 11) is 1.80. The second-order valence-electron chi connectivity index (χ2n) is 5.63. The molecule has 0 aliphatic rings. The molecule has 3 aromatic rings. The van der Waals surface area contributed by atoms with Crippen molar-refractivity contribution >= 4 is 41.0 Å². The van der Waals surface area contributed by atoms with Gasteiger partial charge >= 0.3 is 0 Å². The van der Waals surface area contributed by atoms with Gasteiger partial charge in [-0.2, -0.15) is 0 Å². The number of rotatable bonds is 7. The lowest BCUT2D eigenvalue weighted by atomic mass is 10.3. The number of guanidine groups is 1. The van der Waals surface area contributed by atoms with Gasteiger partial charge in [-0.1, -0.05) is 12.1 Å². The normalized spacial score (nSPS) is 11.3. The number of hydrogen-bond acceptors (Lipinski definition) is 2. The number of aromatic nitrogens is 3. The number of para-hydroxylation sites is 2. The maximum absolute atomic E-state index is 4.42. The van der Waals surface area contributed by atoms with E-state index in [0.29, 0.717) is 0 Å². The van der Waals surface area contributed by atoms with Crippen LogP contribution in [0.1, 0.15) is 6.42 Å². The van der Waals surface area contributed by atoms with E-state index >= 15 is 0 Å². The number of imidazole rings is 1. The number of nitrogens with zero attached hydrogens (tertiary/aromatic N) is 4. The molecule has 1 aromatic carbocycles. The summed E-state index contributed by atoms with van der Waals surface area (Å²) in [5.74, 6) is 0.845. The molecule has 6 nitrogen and oxygen atoms in total. The molecule has 3 rings (SSSR count). The van der Waals surface area contributed by atoms with Crippen LogP contribution in [0.15, 0.2) is 60.1 Å². The number of nitrogens with one attached hydrogen (secondary N) is 2. The molecule has 0 saturated heterocycles. The maximum Gasteiger partial charge on any atom is 0.191 e. The molecule has 0 radical (unpaired) electrons. The number of halogens is 1. The van der Waals surface area contributed by atoms with Crippen LogP contribution in [0.4, 0.5) is 0 Å². The molecule has 2 aromatic heterocycles. The quantitative estimate of drug-likeness (QED) is 0.251. The Labute approximate surface area is 165 Å². The van der Waals surface area contributed by atoms with Crippen LogP contribution in [0.2, 0.25) is 0 Å². The average molecular weight is 452 g/mol. The average Bonchev–Trinajstić information content (AvgIpc) is 3.27. The van der Waals surface area contributed by atoms with Gasteiger partial charge < -0.3 is 19.8 Å². The van der Waals surface area contributed by atoms with Gasteiger partial charge in [0, 0.05) is 45.6 Å². The minimum absolute atomic E-state index is 0. The summed E-state index contributed by atoms with van der Waals surface area (Å²) in [6, 6.07) is 12.3. The Bertz CT molecular complexity index is 778. The van der Waals surface area contributed by atoms with Gasteiger partial charge in [0.15, 0.2) is 5.96 Å². The molecule has 0 amide bonds. The van der Waals surface area contributed by atoms with E-state index < -0.39 is 0 Å². The summed E-state index contributed by atoms with van der Waals surface area (Å²) < 4.78 is 4.34. The van der Waals surface area contributed by atoms with Crippen molar-refractivity contribution in [2.24, 2.45) is 4.99 Å². The number of hydrogen-bond donors (Lipinski definition) is 2. The van der Waals surface area contributed by atoms with E-state index in [1.54, 1.807) is 7.05 Å². The van der Waals surface area contributed by atoms with Gasteiger partial charge in [-0.25, -0.2) is 4.98 Å². The van der Waals surface area contributed by atoms with Crippen LogP contribution in [0.25, 0.3) is 11.0 Å². The first-order valence-electron chi connectivity index (χ1n) is 8.32. The Hall–Kier alpha value is -2.03. The fraction of sp³-hybridized carbons (Fsp3) is 0.333. The van der Waals surface area contributed by atoms with Crippen LogP contribution in [-0.4, -0.2) is 40.2 Å². The first-order valence-corrected chi connectivity index (χ1v) is 8.32. The summed E-state index contributed by atoms with van der Waals surface area (Å²) in [6.07, 6.45) is 7.05. The van der Waals surface area contributed by atoms with Crippen LogP contribution in [0.3, 0.4) is 0 Å². The van der Waals surface area contributed by atoms with Gasteiger partial charge in [0.05, 0.1) is 17.4 Å². The lowest BCUT2D eigenvalue weighted by Gasteiger charge is -2.12. The second kappa shape index (κ2) is 10.1. The Morgan fingerprint density at radius 3 is 2.60 bits per heavy atom. The zero-order valence-electron chi connectivity index (χ0n) is 14.4. The van der Waals surface area contributed by atoms with Gasteiger partial charge in [0.1, 0.15) is 0 Å². The second-order valence-corrected chi connectivity index (χ2v) is 5.63. The topological polar surface area (TPSA) is 59.2 Å². The minimum Gasteiger partial charge on any atom is -0.356 e. The van der Waals surface area contributed by atoms with Crippen molar-refractivity contribution in [3.63, 3.8) is 0 Å². The zero-order valence-corrected chi connectivity index (χ0v) is 16.8. The largest absolute Gasteiger partial charge is 0.356 e. The van der Waals surface area contributed by atoms with E-state index in [1.807, 2.05) is 30.6 Å². The van der Waals surface area contributed by atoms with Crippen molar-refractivity contribution < 1.29 is 0 Å². The molecule has 0 unspecified atom stereocenters. The number of fused-ring (bicyclic) bond motifs is 1. The third-order valence-electron chi connectivity index (χ3n) is 3.95. The van der Waals surface area contributed by atoms with E-state index in [0.717, 1.165) is 44.1 Å². The van der Waals surface area contributed by atoms with E-state index in [2.05, 4.69) is 54.3 Å². The minimum atomic E-state index is 0. The summed E-state index contributed by atoms with van der Waals surface area (Å²) in [5.41, 5.74) is 2.24. The highest BCUT2D eigenvalue weighted by molar-refractivity contribution is 14.0. The highest BCUT2D eigenvalue weighted by Crippen LogP contribution is 2.11. The Balaban J connectivity index is 0.00000225. The van der Waals surface area contributed by atoms with E-state index in [1.165, 1.54) is 5.52 Å². The standard InChI is InChI=1S/C18H24N6.HI/c1-19-18(21-10-14-23-11-4-5-12-23)20-9-6-13-24-15-22-16-7-2-3-8-17(16)24;/h2-5,7-8,11-12,15H,6,9-10,13-14H2,1H3,(H2,19,20,21);1H. The lowest BCUT2D eigenvalue weighted by Crippen LogP contribution is -2.39. The summed E-state index contributed by atoms with van der Waals surface area (Å²) in [4.78, 5) is 8.68. The molecular formula is C18H25IN6. The van der Waals surface area contributed by atoms with Crippen molar-refractivity contribution in [2.75, 3.05) is 20.1 Å². The predicted molar refractivity (Wildman–Crippen MR) is 114 cm³/mol. The summed E-state index contributed by atoms with van der Waals surface area (Å²) in [6.45, 7) is 3.58. The summed E-state index contributed by atoms with van der Waals surface area (Å²) >= 11 is 0.